The summed E-state index contributed by atoms with van der Waals surface area (Å²) < 4.78 is 12.8. The van der Waals surface area contributed by atoms with Gasteiger partial charge in [0.1, 0.15) is 17.3 Å². The zero-order valence-electron chi connectivity index (χ0n) is 19.1. The lowest BCUT2D eigenvalue weighted by Gasteiger charge is -2.14. The second kappa shape index (κ2) is 9.42. The van der Waals surface area contributed by atoms with Gasteiger partial charge in [0.05, 0.1) is 16.5 Å². The second-order valence-corrected chi connectivity index (χ2v) is 8.30. The Morgan fingerprint density at radius 3 is 2.51 bits per heavy atom. The topological polar surface area (TPSA) is 99.5 Å². The summed E-state index contributed by atoms with van der Waals surface area (Å²) in [5.41, 5.74) is 1.12. The predicted molar refractivity (Wildman–Crippen MR) is 131 cm³/mol. The van der Waals surface area contributed by atoms with Gasteiger partial charge in [0.25, 0.3) is 11.5 Å². The molecule has 0 radical (unpaired) electrons. The number of hydrogen-bond donors (Lipinski definition) is 1. The number of esters is 1. The van der Waals surface area contributed by atoms with Gasteiger partial charge in [0, 0.05) is 18.7 Å². The average molecular weight is 469 g/mol. The van der Waals surface area contributed by atoms with E-state index in [1.54, 1.807) is 34.9 Å². The first-order valence-corrected chi connectivity index (χ1v) is 11.4. The Balaban J connectivity index is 1.22. The molecule has 3 aromatic carbocycles. The van der Waals surface area contributed by atoms with Crippen LogP contribution < -0.4 is 15.6 Å². The maximum Gasteiger partial charge on any atom is 0.338 e. The number of aryl methyl sites for hydroxylation is 1. The van der Waals surface area contributed by atoms with Gasteiger partial charge < -0.3 is 14.8 Å². The molecule has 1 unspecified atom stereocenters. The van der Waals surface area contributed by atoms with E-state index >= 15 is 0 Å². The molecule has 1 aliphatic rings. The van der Waals surface area contributed by atoms with Crippen LogP contribution in [0.3, 0.4) is 0 Å². The molecule has 1 amide bonds. The Morgan fingerprint density at radius 1 is 1.00 bits per heavy atom. The molecule has 176 valence electrons. The summed E-state index contributed by atoms with van der Waals surface area (Å²) in [6.07, 6.45) is 0.580. The molecule has 1 N–H and O–H groups in total. The molecule has 1 aliphatic heterocycles. The molecule has 8 nitrogen and oxygen atoms in total. The van der Waals surface area contributed by atoms with Gasteiger partial charge in [-0.2, -0.15) is 0 Å². The van der Waals surface area contributed by atoms with Gasteiger partial charge in [0.2, 0.25) is 0 Å². The summed E-state index contributed by atoms with van der Waals surface area (Å²) in [6.45, 7) is 2.16. The Morgan fingerprint density at radius 2 is 1.74 bits per heavy atom. The van der Waals surface area contributed by atoms with E-state index in [4.69, 9.17) is 9.47 Å². The van der Waals surface area contributed by atoms with Crippen molar-refractivity contribution in [1.82, 2.24) is 9.55 Å². The molecular formula is C27H23N3O5. The number of ether oxygens (including phenoxy) is 2. The van der Waals surface area contributed by atoms with Crippen LogP contribution in [0.1, 0.15) is 29.5 Å². The molecule has 4 aromatic rings. The van der Waals surface area contributed by atoms with Crippen molar-refractivity contribution in [1.29, 1.82) is 0 Å². The number of anilines is 1. The lowest BCUT2D eigenvalue weighted by atomic mass is 10.1. The third-order valence-corrected chi connectivity index (χ3v) is 5.81. The van der Waals surface area contributed by atoms with Crippen molar-refractivity contribution in [3.63, 3.8) is 0 Å². The number of para-hydroxylation sites is 1. The minimum Gasteiger partial charge on any atom is -0.457 e. The number of fused-ring (bicyclic) bond motifs is 2. The van der Waals surface area contributed by atoms with Crippen LogP contribution in [0, 0.1) is 0 Å². The van der Waals surface area contributed by atoms with E-state index < -0.39 is 18.0 Å². The van der Waals surface area contributed by atoms with E-state index in [0.29, 0.717) is 34.6 Å². The number of nitrogens with one attached hydrogen (secondary N) is 1. The van der Waals surface area contributed by atoms with Gasteiger partial charge in [-0.05, 0) is 67.9 Å². The summed E-state index contributed by atoms with van der Waals surface area (Å²) >= 11 is 0. The third-order valence-electron chi connectivity index (χ3n) is 5.81. The standard InChI is InChI=1S/C27H23N3O5/c1-17(25(31)28-19-10-12-21(13-11-19)35-20-6-3-2-4-7-20)34-27(33)18-9-14-22-23(16-18)29-24-8-5-15-30(24)26(22)32/h2-4,6-7,9-14,16-17H,5,8,15H2,1H3,(H,28,31). The molecule has 0 saturated carbocycles. The Labute approximate surface area is 201 Å². The lowest BCUT2D eigenvalue weighted by molar-refractivity contribution is -0.123. The zero-order valence-corrected chi connectivity index (χ0v) is 19.1. The van der Waals surface area contributed by atoms with Gasteiger partial charge in [-0.1, -0.05) is 18.2 Å². The fraction of sp³-hybridized carbons (Fsp3) is 0.185. The van der Waals surface area contributed by atoms with Gasteiger partial charge in [-0.3, -0.25) is 14.2 Å². The molecule has 0 aliphatic carbocycles. The number of aromatic nitrogens is 2. The van der Waals surface area contributed by atoms with E-state index in [9.17, 15) is 14.4 Å². The number of carbonyl (C=O) groups is 2. The maximum atomic E-state index is 12.7. The van der Waals surface area contributed by atoms with Crippen LogP contribution >= 0.6 is 0 Å². The van der Waals surface area contributed by atoms with Gasteiger partial charge in [0.15, 0.2) is 6.10 Å². The van der Waals surface area contributed by atoms with Crippen molar-refractivity contribution in [2.45, 2.75) is 32.4 Å². The summed E-state index contributed by atoms with van der Waals surface area (Å²) in [7, 11) is 0. The molecule has 8 heteroatoms. The van der Waals surface area contributed by atoms with Crippen molar-refractivity contribution < 1.29 is 19.1 Å². The normalized spacial score (nSPS) is 13.2. The summed E-state index contributed by atoms with van der Waals surface area (Å²) in [6, 6.07) is 20.9. The van der Waals surface area contributed by atoms with Crippen LogP contribution in [-0.4, -0.2) is 27.5 Å². The van der Waals surface area contributed by atoms with Crippen molar-refractivity contribution in [3.8, 4) is 11.5 Å². The molecule has 1 aromatic heterocycles. The quantitative estimate of drug-likeness (QED) is 0.422. The molecule has 35 heavy (non-hydrogen) atoms. The first kappa shape index (κ1) is 22.3. The monoisotopic (exact) mass is 469 g/mol. The first-order valence-electron chi connectivity index (χ1n) is 11.4. The highest BCUT2D eigenvalue weighted by molar-refractivity contribution is 5.98. The maximum absolute atomic E-state index is 12.7. The van der Waals surface area contributed by atoms with Gasteiger partial charge in [-0.25, -0.2) is 9.78 Å². The van der Waals surface area contributed by atoms with E-state index in [-0.39, 0.29) is 11.1 Å². The fourth-order valence-electron chi connectivity index (χ4n) is 3.97. The molecule has 2 heterocycles. The van der Waals surface area contributed by atoms with Crippen LogP contribution in [0.2, 0.25) is 0 Å². The second-order valence-electron chi connectivity index (χ2n) is 8.30. The van der Waals surface area contributed by atoms with Crippen LogP contribution in [0.5, 0.6) is 11.5 Å². The number of rotatable bonds is 6. The summed E-state index contributed by atoms with van der Waals surface area (Å²) in [5, 5.41) is 3.18. The average Bonchev–Trinajstić information content (AvgIpc) is 3.34. The van der Waals surface area contributed by atoms with Gasteiger partial charge >= 0.3 is 5.97 Å². The highest BCUT2D eigenvalue weighted by Gasteiger charge is 2.21. The van der Waals surface area contributed by atoms with Crippen molar-refractivity contribution >= 4 is 28.5 Å². The molecule has 0 fully saturated rings. The Kier molecular flexibility index (Phi) is 6.01. The van der Waals surface area contributed by atoms with E-state index in [2.05, 4.69) is 10.3 Å². The third kappa shape index (κ3) is 4.77. The molecule has 0 bridgehead atoms. The number of hydrogen-bond acceptors (Lipinski definition) is 6. The summed E-state index contributed by atoms with van der Waals surface area (Å²) in [4.78, 5) is 42.4. The predicted octanol–water partition coefficient (Wildman–Crippen LogP) is 4.32. The van der Waals surface area contributed by atoms with Crippen LogP contribution in [0.15, 0.2) is 77.6 Å². The smallest absolute Gasteiger partial charge is 0.338 e. The molecule has 0 spiro atoms. The molecule has 5 rings (SSSR count). The van der Waals surface area contributed by atoms with Crippen LogP contribution in [0.25, 0.3) is 10.9 Å². The summed E-state index contributed by atoms with van der Waals surface area (Å²) in [5.74, 6) is 0.932. The minimum atomic E-state index is -1.03. The zero-order chi connectivity index (χ0) is 24.4. The van der Waals surface area contributed by atoms with E-state index in [0.717, 1.165) is 18.7 Å². The first-order chi connectivity index (χ1) is 17.0. The Bertz CT molecular complexity index is 1460. The van der Waals surface area contributed by atoms with Crippen LogP contribution in [0.4, 0.5) is 5.69 Å². The van der Waals surface area contributed by atoms with Crippen molar-refractivity contribution in [3.05, 3.63) is 94.5 Å². The number of amides is 1. The number of carbonyl (C=O) groups excluding carboxylic acids is 2. The minimum absolute atomic E-state index is 0.102. The SMILES string of the molecule is CC(OC(=O)c1ccc2c(=O)n3c(nc2c1)CCC3)C(=O)Nc1ccc(Oc2ccccc2)cc1. The molecule has 1 atom stereocenters. The Hall–Kier alpha value is -4.46. The van der Waals surface area contributed by atoms with E-state index in [1.807, 2.05) is 30.3 Å². The lowest BCUT2D eigenvalue weighted by Crippen LogP contribution is -2.30. The molecular weight excluding hydrogens is 446 g/mol. The van der Waals surface area contributed by atoms with E-state index in [1.165, 1.54) is 19.1 Å². The fourth-order valence-corrected chi connectivity index (χ4v) is 3.97. The molecule has 0 saturated heterocycles. The van der Waals surface area contributed by atoms with Gasteiger partial charge in [-0.15, -0.1) is 0 Å². The highest BCUT2D eigenvalue weighted by atomic mass is 16.5. The largest absolute Gasteiger partial charge is 0.457 e. The van der Waals surface area contributed by atoms with Crippen molar-refractivity contribution in [2.24, 2.45) is 0 Å². The van der Waals surface area contributed by atoms with Crippen LogP contribution in [-0.2, 0) is 22.5 Å². The number of benzene rings is 3. The van der Waals surface area contributed by atoms with Crippen molar-refractivity contribution in [2.75, 3.05) is 5.32 Å². The number of nitrogens with zero attached hydrogens (tertiary/aromatic N) is 2. The highest BCUT2D eigenvalue weighted by Crippen LogP contribution is 2.23.